The smallest absolute Gasteiger partial charge is 0.244 e. The van der Waals surface area contributed by atoms with E-state index in [9.17, 15) is 4.79 Å². The van der Waals surface area contributed by atoms with Crippen LogP contribution in [0.15, 0.2) is 42.7 Å². The molecule has 2 fully saturated rings. The summed E-state index contributed by atoms with van der Waals surface area (Å²) in [5, 5.41) is 0. The van der Waals surface area contributed by atoms with E-state index < -0.39 is 0 Å². The quantitative estimate of drug-likeness (QED) is 0.872. The lowest BCUT2D eigenvalue weighted by molar-refractivity contribution is -0.122. The first-order chi connectivity index (χ1) is 11.8. The van der Waals surface area contributed by atoms with Crippen molar-refractivity contribution >= 4 is 11.6 Å². The van der Waals surface area contributed by atoms with Crippen molar-refractivity contribution in [2.45, 2.75) is 44.3 Å². The molecule has 24 heavy (non-hydrogen) atoms. The molecule has 5 rings (SSSR count). The normalized spacial score (nSPS) is 25.5. The second-order valence-corrected chi connectivity index (χ2v) is 7.21. The van der Waals surface area contributed by atoms with E-state index in [1.165, 1.54) is 29.5 Å². The highest BCUT2D eigenvalue weighted by molar-refractivity contribution is 6.01. The fourth-order valence-electron chi connectivity index (χ4n) is 4.61. The topological polar surface area (TPSA) is 36.4 Å². The van der Waals surface area contributed by atoms with Gasteiger partial charge in [-0.25, -0.2) is 0 Å². The van der Waals surface area contributed by atoms with Crippen LogP contribution in [0.3, 0.4) is 0 Å². The number of benzene rings is 1. The zero-order chi connectivity index (χ0) is 16.1. The van der Waals surface area contributed by atoms with Gasteiger partial charge in [0.15, 0.2) is 0 Å². The first-order valence-corrected chi connectivity index (χ1v) is 8.87. The van der Waals surface area contributed by atoms with Crippen LogP contribution in [0.1, 0.15) is 29.5 Å². The van der Waals surface area contributed by atoms with Crippen molar-refractivity contribution in [3.63, 3.8) is 0 Å². The number of piperazine rings is 1. The van der Waals surface area contributed by atoms with Crippen LogP contribution in [0.4, 0.5) is 5.69 Å². The number of likely N-dealkylation sites (tertiary alicyclic amines) is 1. The molecule has 4 nitrogen and oxygen atoms in total. The molecule has 2 atom stereocenters. The van der Waals surface area contributed by atoms with Gasteiger partial charge in [-0.05, 0) is 60.6 Å². The summed E-state index contributed by atoms with van der Waals surface area (Å²) in [7, 11) is 0. The second kappa shape index (κ2) is 5.42. The molecule has 1 aliphatic carbocycles. The Balaban J connectivity index is 1.36. The monoisotopic (exact) mass is 319 g/mol. The van der Waals surface area contributed by atoms with Gasteiger partial charge in [0.05, 0.1) is 12.1 Å². The fraction of sp³-hybridized carbons (Fsp3) is 0.400. The average Bonchev–Trinajstić information content (AvgIpc) is 3.29. The van der Waals surface area contributed by atoms with E-state index >= 15 is 0 Å². The zero-order valence-corrected chi connectivity index (χ0v) is 13.7. The van der Waals surface area contributed by atoms with E-state index in [4.69, 9.17) is 0 Å². The maximum absolute atomic E-state index is 12.9. The molecule has 3 heterocycles. The standard InChI is InChI=1S/C20H21N3O/c24-20-19-10-18(13-22(19)12-14-3-2-8-21-11-14)23(20)17-7-6-15-4-1-5-16(15)9-17/h2-3,6-9,11,18-19H,1,4-5,10,12-13H2/t18-,19-/m0/s1. The van der Waals surface area contributed by atoms with E-state index in [0.717, 1.165) is 31.6 Å². The van der Waals surface area contributed by atoms with Crippen LogP contribution in [0.5, 0.6) is 0 Å². The Morgan fingerprint density at radius 3 is 2.92 bits per heavy atom. The van der Waals surface area contributed by atoms with Crippen molar-refractivity contribution in [2.75, 3.05) is 11.4 Å². The van der Waals surface area contributed by atoms with Crippen molar-refractivity contribution in [3.05, 3.63) is 59.4 Å². The Morgan fingerprint density at radius 1 is 1.17 bits per heavy atom. The van der Waals surface area contributed by atoms with E-state index in [2.05, 4.69) is 39.0 Å². The van der Waals surface area contributed by atoms with Crippen molar-refractivity contribution < 1.29 is 4.79 Å². The van der Waals surface area contributed by atoms with Crippen LogP contribution in [0.2, 0.25) is 0 Å². The van der Waals surface area contributed by atoms with Gasteiger partial charge in [0, 0.05) is 31.2 Å². The molecule has 0 unspecified atom stereocenters. The Morgan fingerprint density at radius 2 is 2.08 bits per heavy atom. The van der Waals surface area contributed by atoms with Crippen LogP contribution in [-0.2, 0) is 24.2 Å². The number of hydrogen-bond donors (Lipinski definition) is 0. The van der Waals surface area contributed by atoms with Crippen LogP contribution < -0.4 is 4.90 Å². The lowest BCUT2D eigenvalue weighted by Crippen LogP contribution is -2.50. The average molecular weight is 319 g/mol. The fourth-order valence-corrected chi connectivity index (χ4v) is 4.61. The van der Waals surface area contributed by atoms with Gasteiger partial charge in [-0.2, -0.15) is 0 Å². The summed E-state index contributed by atoms with van der Waals surface area (Å²) in [5.74, 6) is 0.271. The Kier molecular flexibility index (Phi) is 3.20. The highest BCUT2D eigenvalue weighted by atomic mass is 16.2. The summed E-state index contributed by atoms with van der Waals surface area (Å²) in [6, 6.07) is 11.0. The van der Waals surface area contributed by atoms with Crippen LogP contribution in [-0.4, -0.2) is 34.4 Å². The molecule has 0 N–H and O–H groups in total. The Bertz CT molecular complexity index is 789. The molecule has 0 saturated carbocycles. The molecule has 4 heteroatoms. The third-order valence-corrected chi connectivity index (χ3v) is 5.74. The third-order valence-electron chi connectivity index (χ3n) is 5.74. The van der Waals surface area contributed by atoms with Crippen molar-refractivity contribution in [1.29, 1.82) is 0 Å². The minimum atomic E-state index is 0.0310. The Hall–Kier alpha value is -2.20. The first kappa shape index (κ1) is 14.2. The minimum absolute atomic E-state index is 0.0310. The third kappa shape index (κ3) is 2.17. The molecular weight excluding hydrogens is 298 g/mol. The summed E-state index contributed by atoms with van der Waals surface area (Å²) < 4.78 is 0. The lowest BCUT2D eigenvalue weighted by Gasteiger charge is -2.34. The van der Waals surface area contributed by atoms with Crippen molar-refractivity contribution in [3.8, 4) is 0 Å². The number of hydrogen-bond acceptors (Lipinski definition) is 3. The highest BCUT2D eigenvalue weighted by Gasteiger charge is 2.49. The molecule has 2 saturated heterocycles. The van der Waals surface area contributed by atoms with Gasteiger partial charge in [-0.3, -0.25) is 14.7 Å². The maximum atomic E-state index is 12.9. The predicted octanol–water partition coefficient (Wildman–Crippen LogP) is 2.56. The number of rotatable bonds is 3. The molecule has 2 aliphatic heterocycles. The summed E-state index contributed by atoms with van der Waals surface area (Å²) in [6.45, 7) is 1.78. The number of aryl methyl sites for hydroxylation is 2. The Labute approximate surface area is 142 Å². The van der Waals surface area contributed by atoms with Crippen LogP contribution in [0.25, 0.3) is 0 Å². The zero-order valence-electron chi connectivity index (χ0n) is 13.7. The van der Waals surface area contributed by atoms with Crippen molar-refractivity contribution in [2.24, 2.45) is 0 Å². The number of pyridine rings is 1. The molecule has 0 spiro atoms. The number of anilines is 1. The number of carbonyl (C=O) groups excluding carboxylic acids is 1. The molecule has 2 bridgehead atoms. The molecular formula is C20H21N3O. The number of amides is 1. The SMILES string of the molecule is O=C1[C@@H]2C[C@@H](CN2Cc2cccnc2)N1c1ccc2c(c1)CCC2. The lowest BCUT2D eigenvalue weighted by atomic mass is 10.1. The maximum Gasteiger partial charge on any atom is 0.244 e. The first-order valence-electron chi connectivity index (χ1n) is 8.87. The predicted molar refractivity (Wildman–Crippen MR) is 92.8 cm³/mol. The molecule has 1 aromatic carbocycles. The van der Waals surface area contributed by atoms with E-state index in [1.807, 2.05) is 12.3 Å². The van der Waals surface area contributed by atoms with Gasteiger partial charge in [0.1, 0.15) is 0 Å². The van der Waals surface area contributed by atoms with Gasteiger partial charge < -0.3 is 4.90 Å². The van der Waals surface area contributed by atoms with Crippen LogP contribution in [0, 0.1) is 0 Å². The highest BCUT2D eigenvalue weighted by Crippen LogP contribution is 2.38. The molecule has 2 aromatic rings. The van der Waals surface area contributed by atoms with Gasteiger partial charge >= 0.3 is 0 Å². The number of carbonyl (C=O) groups is 1. The van der Waals surface area contributed by atoms with Gasteiger partial charge in [-0.1, -0.05) is 12.1 Å². The number of fused-ring (bicyclic) bond motifs is 3. The molecule has 1 aromatic heterocycles. The molecule has 0 radical (unpaired) electrons. The van der Waals surface area contributed by atoms with Crippen molar-refractivity contribution in [1.82, 2.24) is 9.88 Å². The summed E-state index contributed by atoms with van der Waals surface area (Å²) in [5.41, 5.74) is 5.19. The summed E-state index contributed by atoms with van der Waals surface area (Å²) >= 11 is 0. The van der Waals surface area contributed by atoms with Crippen LogP contribution >= 0.6 is 0 Å². The van der Waals surface area contributed by atoms with Gasteiger partial charge in [0.2, 0.25) is 5.91 Å². The van der Waals surface area contributed by atoms with E-state index in [-0.39, 0.29) is 11.9 Å². The largest absolute Gasteiger partial charge is 0.307 e. The number of aromatic nitrogens is 1. The summed E-state index contributed by atoms with van der Waals surface area (Å²) in [6.07, 6.45) is 8.24. The van der Waals surface area contributed by atoms with E-state index in [1.54, 1.807) is 6.20 Å². The minimum Gasteiger partial charge on any atom is -0.307 e. The number of nitrogens with zero attached hydrogens (tertiary/aromatic N) is 3. The second-order valence-electron chi connectivity index (χ2n) is 7.21. The van der Waals surface area contributed by atoms with E-state index in [0.29, 0.717) is 6.04 Å². The summed E-state index contributed by atoms with van der Waals surface area (Å²) in [4.78, 5) is 21.5. The molecule has 1 amide bonds. The molecule has 122 valence electrons. The van der Waals surface area contributed by atoms with Gasteiger partial charge in [-0.15, -0.1) is 0 Å². The van der Waals surface area contributed by atoms with Gasteiger partial charge in [0.25, 0.3) is 0 Å². The molecule has 3 aliphatic rings.